The maximum atomic E-state index is 13.8. The van der Waals surface area contributed by atoms with Gasteiger partial charge in [-0.1, -0.05) is 38.5 Å². The molecule has 0 saturated carbocycles. The molecule has 132 valence electrons. The van der Waals surface area contributed by atoms with Gasteiger partial charge in [-0.25, -0.2) is 4.39 Å². The van der Waals surface area contributed by atoms with Gasteiger partial charge in [0.15, 0.2) is 0 Å². The van der Waals surface area contributed by atoms with Crippen LogP contribution in [0.25, 0.3) is 0 Å². The Labute approximate surface area is 141 Å². The van der Waals surface area contributed by atoms with Gasteiger partial charge in [-0.15, -0.1) is 0 Å². The third-order valence-corrected chi connectivity index (χ3v) is 3.89. The Hall–Kier alpha value is -2.44. The van der Waals surface area contributed by atoms with Crippen LogP contribution in [0.5, 0.6) is 0 Å². The molecule has 0 radical (unpaired) electrons. The molecule has 1 aromatic rings. The van der Waals surface area contributed by atoms with Crippen LogP contribution in [0, 0.1) is 11.7 Å². The second kappa shape index (κ2) is 9.00. The first-order valence-electron chi connectivity index (χ1n) is 7.86. The smallest absolute Gasteiger partial charge is 0.243 e. The zero-order chi connectivity index (χ0) is 18.3. The monoisotopic (exact) mass is 337 g/mol. The molecule has 0 aromatic heterocycles. The largest absolute Gasteiger partial charge is 0.368 e. The van der Waals surface area contributed by atoms with Gasteiger partial charge in [-0.05, 0) is 17.5 Å². The number of nitrogens with one attached hydrogen (secondary N) is 2. The number of rotatable bonds is 8. The van der Waals surface area contributed by atoms with Crippen LogP contribution >= 0.6 is 0 Å². The Morgan fingerprint density at radius 1 is 1.21 bits per heavy atom. The van der Waals surface area contributed by atoms with Crippen LogP contribution in [0.15, 0.2) is 24.3 Å². The minimum absolute atomic E-state index is 0.0237. The molecule has 1 aromatic carbocycles. The molecule has 24 heavy (non-hydrogen) atoms. The fourth-order valence-electron chi connectivity index (χ4n) is 2.32. The van der Waals surface area contributed by atoms with E-state index in [1.807, 2.05) is 6.92 Å². The van der Waals surface area contributed by atoms with Crippen molar-refractivity contribution in [3.8, 4) is 0 Å². The van der Waals surface area contributed by atoms with Crippen molar-refractivity contribution in [1.29, 1.82) is 0 Å². The van der Waals surface area contributed by atoms with Crippen molar-refractivity contribution >= 4 is 17.7 Å². The quantitative estimate of drug-likeness (QED) is 0.656. The van der Waals surface area contributed by atoms with Gasteiger partial charge < -0.3 is 16.4 Å². The molecule has 1 rings (SSSR count). The number of hydrogen-bond donors (Lipinski definition) is 3. The number of primary amides is 1. The summed E-state index contributed by atoms with van der Waals surface area (Å²) in [5.41, 5.74) is 5.64. The lowest BCUT2D eigenvalue weighted by Gasteiger charge is -2.25. The van der Waals surface area contributed by atoms with Crippen molar-refractivity contribution < 1.29 is 18.8 Å². The Morgan fingerprint density at radius 2 is 1.83 bits per heavy atom. The summed E-state index contributed by atoms with van der Waals surface area (Å²) in [7, 11) is 0. The summed E-state index contributed by atoms with van der Waals surface area (Å²) in [6.07, 6.45) is 0.621. The second-order valence-electron chi connectivity index (χ2n) is 5.82. The third-order valence-electron chi connectivity index (χ3n) is 3.89. The van der Waals surface area contributed by atoms with Crippen molar-refractivity contribution in [3.63, 3.8) is 0 Å². The normalized spacial score (nSPS) is 14.3. The van der Waals surface area contributed by atoms with E-state index in [1.165, 1.54) is 19.1 Å². The lowest BCUT2D eigenvalue weighted by molar-refractivity contribution is -0.131. The van der Waals surface area contributed by atoms with Crippen molar-refractivity contribution in [2.75, 3.05) is 0 Å². The molecule has 3 amide bonds. The van der Waals surface area contributed by atoms with E-state index in [2.05, 4.69) is 10.6 Å². The van der Waals surface area contributed by atoms with Crippen LogP contribution < -0.4 is 16.4 Å². The highest BCUT2D eigenvalue weighted by atomic mass is 19.1. The molecule has 4 N–H and O–H groups in total. The highest BCUT2D eigenvalue weighted by Crippen LogP contribution is 2.11. The van der Waals surface area contributed by atoms with E-state index >= 15 is 0 Å². The molecule has 0 saturated heterocycles. The molecule has 0 unspecified atom stereocenters. The van der Waals surface area contributed by atoms with Crippen LogP contribution in [0.1, 0.15) is 32.8 Å². The lowest BCUT2D eigenvalue weighted by atomic mass is 9.97. The number of nitrogens with two attached hydrogens (primary N) is 1. The third kappa shape index (κ3) is 5.64. The lowest BCUT2D eigenvalue weighted by Crippen LogP contribution is -2.55. The van der Waals surface area contributed by atoms with Crippen LogP contribution in [0.2, 0.25) is 0 Å². The molecule has 0 fully saturated rings. The predicted molar refractivity (Wildman–Crippen MR) is 88.3 cm³/mol. The van der Waals surface area contributed by atoms with E-state index in [9.17, 15) is 18.8 Å². The molecule has 0 bridgehead atoms. The number of carbonyl (C=O) groups is 3. The second-order valence-corrected chi connectivity index (χ2v) is 5.82. The first kappa shape index (κ1) is 19.6. The fraction of sp³-hybridized carbons (Fsp3) is 0.471. The van der Waals surface area contributed by atoms with E-state index in [4.69, 9.17) is 5.73 Å². The first-order valence-corrected chi connectivity index (χ1v) is 7.86. The van der Waals surface area contributed by atoms with Crippen molar-refractivity contribution in [1.82, 2.24) is 10.6 Å². The number of benzene rings is 1. The topological polar surface area (TPSA) is 101 Å². The van der Waals surface area contributed by atoms with E-state index in [1.54, 1.807) is 19.1 Å². The fourth-order valence-corrected chi connectivity index (χ4v) is 2.32. The Bertz CT molecular complexity index is 606. The summed E-state index contributed by atoms with van der Waals surface area (Å²) in [4.78, 5) is 35.4. The Kier molecular flexibility index (Phi) is 7.35. The van der Waals surface area contributed by atoms with Crippen LogP contribution in [0.3, 0.4) is 0 Å². The van der Waals surface area contributed by atoms with Gasteiger partial charge in [0.25, 0.3) is 0 Å². The van der Waals surface area contributed by atoms with E-state index in [0.717, 1.165) is 0 Å². The van der Waals surface area contributed by atoms with Gasteiger partial charge in [-0.2, -0.15) is 0 Å². The average molecular weight is 337 g/mol. The summed E-state index contributed by atoms with van der Waals surface area (Å²) >= 11 is 0. The molecular formula is C17H24FN3O3. The molecule has 6 nitrogen and oxygen atoms in total. The van der Waals surface area contributed by atoms with Gasteiger partial charge in [-0.3, -0.25) is 14.4 Å². The number of halogens is 1. The maximum Gasteiger partial charge on any atom is 0.243 e. The van der Waals surface area contributed by atoms with Gasteiger partial charge in [0.05, 0.1) is 0 Å². The number of carbonyl (C=O) groups excluding carboxylic acids is 3. The Morgan fingerprint density at radius 3 is 2.33 bits per heavy atom. The van der Waals surface area contributed by atoms with Crippen molar-refractivity contribution in [2.24, 2.45) is 11.7 Å². The summed E-state index contributed by atoms with van der Waals surface area (Å²) < 4.78 is 13.8. The summed E-state index contributed by atoms with van der Waals surface area (Å²) in [6.45, 7) is 4.93. The molecule has 7 heteroatoms. The highest BCUT2D eigenvalue weighted by molar-refractivity contribution is 5.91. The standard InChI is InChI=1S/C17H24FN3O3/c1-4-10(2)15(16(19)23)21-17(24)14(20-11(3)22)9-12-7-5-6-8-13(12)18/h5-8,10,14-15H,4,9H2,1-3H3,(H2,19,23)(H,20,22)(H,21,24)/t10-,14+,15+/m1/s1. The predicted octanol–water partition coefficient (Wildman–Crippen LogP) is 0.889. The van der Waals surface area contributed by atoms with Crippen LogP contribution in [-0.4, -0.2) is 29.8 Å². The Balaban J connectivity index is 2.94. The molecule has 3 atom stereocenters. The van der Waals surface area contributed by atoms with Crippen molar-refractivity contribution in [3.05, 3.63) is 35.6 Å². The van der Waals surface area contributed by atoms with Crippen LogP contribution in [0.4, 0.5) is 4.39 Å². The van der Waals surface area contributed by atoms with E-state index in [-0.39, 0.29) is 12.3 Å². The molecule has 0 aliphatic carbocycles. The van der Waals surface area contributed by atoms with Gasteiger partial charge in [0.2, 0.25) is 17.7 Å². The maximum absolute atomic E-state index is 13.8. The summed E-state index contributed by atoms with van der Waals surface area (Å²) in [5.74, 6) is -2.26. The first-order chi connectivity index (χ1) is 11.3. The average Bonchev–Trinajstić information content (AvgIpc) is 2.52. The molecular weight excluding hydrogens is 313 g/mol. The number of amides is 3. The van der Waals surface area contributed by atoms with Crippen LogP contribution in [-0.2, 0) is 20.8 Å². The molecule has 0 heterocycles. The minimum atomic E-state index is -0.995. The minimum Gasteiger partial charge on any atom is -0.368 e. The molecule has 0 aliphatic rings. The van der Waals surface area contributed by atoms with Gasteiger partial charge >= 0.3 is 0 Å². The van der Waals surface area contributed by atoms with Gasteiger partial charge in [0, 0.05) is 13.3 Å². The SMILES string of the molecule is CC[C@@H](C)[C@H](NC(=O)[C@H](Cc1ccccc1F)NC(C)=O)C(N)=O. The molecule has 0 aliphatic heterocycles. The zero-order valence-corrected chi connectivity index (χ0v) is 14.1. The van der Waals surface area contributed by atoms with Crippen molar-refractivity contribution in [2.45, 2.75) is 45.7 Å². The zero-order valence-electron chi connectivity index (χ0n) is 14.1. The highest BCUT2D eigenvalue weighted by Gasteiger charge is 2.28. The number of hydrogen-bond acceptors (Lipinski definition) is 3. The van der Waals surface area contributed by atoms with E-state index in [0.29, 0.717) is 12.0 Å². The summed E-state index contributed by atoms with van der Waals surface area (Å²) in [6, 6.07) is 4.16. The van der Waals surface area contributed by atoms with Gasteiger partial charge in [0.1, 0.15) is 17.9 Å². The molecule has 0 spiro atoms. The van der Waals surface area contributed by atoms with E-state index < -0.39 is 35.6 Å². The summed E-state index contributed by atoms with van der Waals surface area (Å²) in [5, 5.41) is 5.05.